The molecule has 0 saturated heterocycles. The molecule has 10 heteroatoms. The van der Waals surface area contributed by atoms with Crippen LogP contribution in [0.2, 0.25) is 0 Å². The van der Waals surface area contributed by atoms with Crippen LogP contribution in [0, 0.1) is 0 Å². The number of aliphatic hydroxyl groups is 1. The summed E-state index contributed by atoms with van der Waals surface area (Å²) in [6.45, 7) is 0. The third kappa shape index (κ3) is 7.87. The highest BCUT2D eigenvalue weighted by atomic mass is 16.4. The number of nitrogens with two attached hydrogens (primary N) is 3. The van der Waals surface area contributed by atoms with Gasteiger partial charge in [-0.05, 0) is 0 Å². The zero-order chi connectivity index (χ0) is 18.3. The normalized spacial score (nSPS) is 11.1. The lowest BCUT2D eigenvalue weighted by molar-refractivity contribution is -0.170. The van der Waals surface area contributed by atoms with E-state index in [2.05, 4.69) is 0 Å². The monoisotopic (exact) mass is 329 g/mol. The van der Waals surface area contributed by atoms with Gasteiger partial charge in [-0.25, -0.2) is 4.79 Å². The van der Waals surface area contributed by atoms with Crippen molar-refractivity contribution in [2.45, 2.75) is 24.2 Å². The van der Waals surface area contributed by atoms with E-state index in [1.807, 2.05) is 18.2 Å². The highest BCUT2D eigenvalue weighted by molar-refractivity contribution is 5.88. The third-order valence-corrected chi connectivity index (χ3v) is 2.56. The molecule has 0 aliphatic carbocycles. The Morgan fingerprint density at radius 3 is 1.48 bits per heavy atom. The fraction of sp³-hybridized carbons (Fsp3) is 0.308. The molecular weight excluding hydrogens is 310 g/mol. The summed E-state index contributed by atoms with van der Waals surface area (Å²) in [5, 5.41) is 33.8. The second-order valence-corrected chi connectivity index (χ2v) is 4.78. The Hall–Kier alpha value is -2.53. The van der Waals surface area contributed by atoms with Crippen LogP contribution in [0.25, 0.3) is 0 Å². The zero-order valence-electron chi connectivity index (χ0n) is 12.0. The smallest absolute Gasteiger partial charge is 0.336 e. The first-order valence-corrected chi connectivity index (χ1v) is 6.20. The number of aliphatic carboxylic acids is 3. The average molecular weight is 329 g/mol. The summed E-state index contributed by atoms with van der Waals surface area (Å²) in [5.41, 5.74) is 14.2. The maximum Gasteiger partial charge on any atom is 0.336 e. The van der Waals surface area contributed by atoms with Crippen molar-refractivity contribution < 1.29 is 34.8 Å². The van der Waals surface area contributed by atoms with Crippen LogP contribution in [0.4, 0.5) is 0 Å². The Labute approximate surface area is 131 Å². The van der Waals surface area contributed by atoms with Gasteiger partial charge in [0.25, 0.3) is 0 Å². The number of rotatable bonds is 6. The summed E-state index contributed by atoms with van der Waals surface area (Å²) in [7, 11) is 0. The number of carbonyl (C=O) groups is 3. The van der Waals surface area contributed by atoms with Crippen molar-refractivity contribution >= 4 is 17.9 Å². The molecule has 1 aromatic rings. The van der Waals surface area contributed by atoms with Gasteiger partial charge in [0, 0.05) is 5.56 Å². The Bertz CT molecular complexity index is 538. The summed E-state index contributed by atoms with van der Waals surface area (Å²) in [6.07, 6.45) is -2.29. The van der Waals surface area contributed by atoms with Gasteiger partial charge in [0.2, 0.25) is 0 Å². The van der Waals surface area contributed by atoms with Crippen molar-refractivity contribution in [3.05, 3.63) is 35.9 Å². The highest BCUT2D eigenvalue weighted by Gasteiger charge is 2.40. The van der Waals surface area contributed by atoms with Crippen molar-refractivity contribution in [3.8, 4) is 0 Å². The Kier molecular flexibility index (Phi) is 7.29. The summed E-state index contributed by atoms with van der Waals surface area (Å²) in [4.78, 5) is 30.5. The molecular formula is C13H19N3O7. The molecule has 0 aliphatic rings. The molecule has 0 aromatic heterocycles. The molecule has 0 bridgehead atoms. The number of carboxylic acids is 3. The molecule has 0 amide bonds. The van der Waals surface area contributed by atoms with Crippen LogP contribution in [0.1, 0.15) is 18.4 Å². The number of carboxylic acid groups (broad SMARTS) is 3. The van der Waals surface area contributed by atoms with E-state index >= 15 is 0 Å². The molecule has 1 aromatic carbocycles. The molecule has 0 atom stereocenters. The second-order valence-electron chi connectivity index (χ2n) is 4.78. The Balaban J connectivity index is 0.000000433. The maximum atomic E-state index is 10.3. The lowest BCUT2D eigenvalue weighted by atomic mass is 9.96. The minimum absolute atomic E-state index is 0.731. The molecule has 0 saturated carbocycles. The van der Waals surface area contributed by atoms with Gasteiger partial charge in [-0.2, -0.15) is 0 Å². The lowest BCUT2D eigenvalue weighted by Crippen LogP contribution is -2.54. The molecule has 0 radical (unpaired) electrons. The Morgan fingerprint density at radius 1 is 0.870 bits per heavy atom. The predicted octanol–water partition coefficient (Wildman–Crippen LogP) is -1.58. The van der Waals surface area contributed by atoms with E-state index in [1.165, 1.54) is 0 Å². The van der Waals surface area contributed by atoms with E-state index in [0.717, 1.165) is 5.56 Å². The van der Waals surface area contributed by atoms with E-state index in [-0.39, 0.29) is 0 Å². The van der Waals surface area contributed by atoms with Gasteiger partial charge in [0.1, 0.15) is 5.79 Å². The van der Waals surface area contributed by atoms with E-state index in [1.54, 1.807) is 12.1 Å². The van der Waals surface area contributed by atoms with E-state index in [9.17, 15) is 14.4 Å². The molecule has 10 N–H and O–H groups in total. The van der Waals surface area contributed by atoms with E-state index < -0.39 is 42.1 Å². The zero-order valence-corrected chi connectivity index (χ0v) is 12.0. The van der Waals surface area contributed by atoms with E-state index in [0.29, 0.717) is 0 Å². The molecule has 128 valence electrons. The van der Waals surface area contributed by atoms with Crippen molar-refractivity contribution in [3.63, 3.8) is 0 Å². The summed E-state index contributed by atoms with van der Waals surface area (Å²) in [5.74, 6) is -6.23. The van der Waals surface area contributed by atoms with Crippen molar-refractivity contribution in [2.24, 2.45) is 17.2 Å². The van der Waals surface area contributed by atoms with Gasteiger partial charge < -0.3 is 20.4 Å². The molecule has 0 spiro atoms. The number of hydrogen-bond donors (Lipinski definition) is 7. The number of hydrogen-bond acceptors (Lipinski definition) is 7. The minimum atomic E-state index is -2.74. The first kappa shape index (κ1) is 20.5. The van der Waals surface area contributed by atoms with Crippen LogP contribution >= 0.6 is 0 Å². The molecule has 23 heavy (non-hydrogen) atoms. The topological polar surface area (TPSA) is 210 Å². The molecule has 0 fully saturated rings. The fourth-order valence-electron chi connectivity index (χ4n) is 1.44. The molecule has 0 unspecified atom stereocenters. The molecule has 0 aliphatic heterocycles. The first-order valence-electron chi connectivity index (χ1n) is 6.20. The first-order chi connectivity index (χ1) is 10.4. The van der Waals surface area contributed by atoms with Gasteiger partial charge in [-0.3, -0.25) is 26.8 Å². The Morgan fingerprint density at radius 2 is 1.26 bits per heavy atom. The summed E-state index contributed by atoms with van der Waals surface area (Å²) >= 11 is 0. The second kappa shape index (κ2) is 8.19. The fourth-order valence-corrected chi connectivity index (χ4v) is 1.44. The van der Waals surface area contributed by atoms with Gasteiger partial charge in [-0.1, -0.05) is 30.3 Å². The van der Waals surface area contributed by atoms with Crippen LogP contribution in [0.5, 0.6) is 0 Å². The summed E-state index contributed by atoms with van der Waals surface area (Å²) in [6, 6.07) is 9.16. The van der Waals surface area contributed by atoms with Crippen LogP contribution in [0.3, 0.4) is 0 Å². The van der Waals surface area contributed by atoms with E-state index in [4.69, 9.17) is 37.6 Å². The summed E-state index contributed by atoms with van der Waals surface area (Å²) < 4.78 is 0. The SMILES string of the molecule is NC(N)(N)c1ccccc1.O=C(O)CC(O)(CC(=O)O)C(=O)O. The van der Waals surface area contributed by atoms with Gasteiger partial charge in [-0.15, -0.1) is 0 Å². The third-order valence-electron chi connectivity index (χ3n) is 2.56. The van der Waals surface area contributed by atoms with Crippen LogP contribution in [0.15, 0.2) is 30.3 Å². The standard InChI is InChI=1S/C7H11N3.C6H8O7/c8-7(9,10)6-4-2-1-3-5-6;7-3(8)1-6(13,5(11)12)2-4(9)10/h1-5H,8-10H2;13H,1-2H2,(H,7,8)(H,9,10)(H,11,12). The molecule has 10 nitrogen and oxygen atoms in total. The maximum absolute atomic E-state index is 10.3. The molecule has 1 rings (SSSR count). The van der Waals surface area contributed by atoms with Crippen molar-refractivity contribution in [2.75, 3.05) is 0 Å². The van der Waals surface area contributed by atoms with Crippen LogP contribution in [-0.2, 0) is 20.2 Å². The average Bonchev–Trinajstić information content (AvgIpc) is 2.37. The largest absolute Gasteiger partial charge is 0.481 e. The predicted molar refractivity (Wildman–Crippen MR) is 77.8 cm³/mol. The van der Waals surface area contributed by atoms with Crippen LogP contribution in [-0.4, -0.2) is 43.9 Å². The number of benzene rings is 1. The van der Waals surface area contributed by atoms with Gasteiger partial charge >= 0.3 is 17.9 Å². The van der Waals surface area contributed by atoms with Gasteiger partial charge in [0.05, 0.1) is 12.8 Å². The highest BCUT2D eigenvalue weighted by Crippen LogP contribution is 2.15. The quantitative estimate of drug-likeness (QED) is 0.298. The molecule has 0 heterocycles. The van der Waals surface area contributed by atoms with Crippen molar-refractivity contribution in [1.82, 2.24) is 0 Å². The van der Waals surface area contributed by atoms with Crippen molar-refractivity contribution in [1.29, 1.82) is 0 Å². The van der Waals surface area contributed by atoms with Gasteiger partial charge in [0.15, 0.2) is 5.60 Å². The van der Waals surface area contributed by atoms with Crippen LogP contribution < -0.4 is 17.2 Å². The lowest BCUT2D eigenvalue weighted by Gasteiger charge is -2.18. The minimum Gasteiger partial charge on any atom is -0.481 e.